The van der Waals surface area contributed by atoms with Crippen molar-refractivity contribution < 1.29 is 4.74 Å². The van der Waals surface area contributed by atoms with Gasteiger partial charge in [0.25, 0.3) is 0 Å². The molecular weight excluding hydrogens is 356 g/mol. The normalized spacial score (nSPS) is 17.0. The van der Waals surface area contributed by atoms with Crippen molar-refractivity contribution in [1.82, 2.24) is 0 Å². The van der Waals surface area contributed by atoms with Crippen molar-refractivity contribution in [2.75, 3.05) is 12.4 Å². The number of halogens is 2. The Hall–Kier alpha value is -0.640. The molecule has 1 nitrogen and oxygen atoms in total. The first-order chi connectivity index (χ1) is 9.78. The molecule has 0 amide bonds. The van der Waals surface area contributed by atoms with Gasteiger partial charge in [0, 0.05) is 32.5 Å². The van der Waals surface area contributed by atoms with Crippen LogP contribution in [0, 0.1) is 0 Å². The van der Waals surface area contributed by atoms with Crippen LogP contribution in [-0.4, -0.2) is 12.4 Å². The van der Waals surface area contributed by atoms with Crippen LogP contribution in [0.1, 0.15) is 17.0 Å². The molecule has 0 saturated heterocycles. The van der Waals surface area contributed by atoms with Crippen molar-refractivity contribution in [2.24, 2.45) is 0 Å². The standard InChI is InChI=1S/C16H14BrClOS/c17-8-11-7-13(18)5-6-15(11)19-9-12-10-20-16-4-2-1-3-14(12)16/h1-7,12H,8-10H2. The number of thioether (sulfide) groups is 1. The van der Waals surface area contributed by atoms with Crippen molar-refractivity contribution >= 4 is 39.3 Å². The lowest BCUT2D eigenvalue weighted by Gasteiger charge is -2.15. The Morgan fingerprint density at radius 2 is 2.10 bits per heavy atom. The molecule has 1 atom stereocenters. The topological polar surface area (TPSA) is 9.23 Å². The molecule has 1 heterocycles. The van der Waals surface area contributed by atoms with Gasteiger partial charge in [0.15, 0.2) is 0 Å². The van der Waals surface area contributed by atoms with E-state index in [0.717, 1.165) is 27.4 Å². The minimum absolute atomic E-state index is 0.468. The van der Waals surface area contributed by atoms with Gasteiger partial charge in [-0.2, -0.15) is 0 Å². The van der Waals surface area contributed by atoms with Crippen LogP contribution in [0.2, 0.25) is 5.02 Å². The Balaban J connectivity index is 1.72. The van der Waals surface area contributed by atoms with Gasteiger partial charge in [-0.15, -0.1) is 11.8 Å². The first-order valence-corrected chi connectivity index (χ1v) is 8.95. The third-order valence-electron chi connectivity index (χ3n) is 3.41. The Morgan fingerprint density at radius 3 is 2.95 bits per heavy atom. The summed E-state index contributed by atoms with van der Waals surface area (Å²) < 4.78 is 6.02. The summed E-state index contributed by atoms with van der Waals surface area (Å²) in [6.07, 6.45) is 0. The summed E-state index contributed by atoms with van der Waals surface area (Å²) in [6.45, 7) is 0.714. The van der Waals surface area contributed by atoms with E-state index in [4.69, 9.17) is 16.3 Å². The Labute approximate surface area is 136 Å². The summed E-state index contributed by atoms with van der Waals surface area (Å²) in [5.74, 6) is 2.48. The number of hydrogen-bond donors (Lipinski definition) is 0. The molecule has 104 valence electrons. The number of hydrogen-bond acceptors (Lipinski definition) is 2. The van der Waals surface area contributed by atoms with Crippen LogP contribution in [0.5, 0.6) is 5.75 Å². The van der Waals surface area contributed by atoms with Gasteiger partial charge in [0.2, 0.25) is 0 Å². The Bertz CT molecular complexity index is 617. The summed E-state index contributed by atoms with van der Waals surface area (Å²) in [4.78, 5) is 1.39. The summed E-state index contributed by atoms with van der Waals surface area (Å²) in [7, 11) is 0. The van der Waals surface area contributed by atoms with Crippen LogP contribution in [0.4, 0.5) is 0 Å². The molecule has 0 N–H and O–H groups in total. The van der Waals surface area contributed by atoms with Gasteiger partial charge in [-0.1, -0.05) is 45.7 Å². The van der Waals surface area contributed by atoms with Crippen LogP contribution in [-0.2, 0) is 5.33 Å². The minimum atomic E-state index is 0.468. The SMILES string of the molecule is Clc1ccc(OCC2CSc3ccccc32)c(CBr)c1. The summed E-state index contributed by atoms with van der Waals surface area (Å²) >= 11 is 11.4. The predicted octanol–water partition coefficient (Wildman–Crippen LogP) is 5.50. The smallest absolute Gasteiger partial charge is 0.123 e. The molecule has 2 aromatic carbocycles. The van der Waals surface area contributed by atoms with E-state index in [2.05, 4.69) is 40.2 Å². The van der Waals surface area contributed by atoms with Crippen LogP contribution in [0.3, 0.4) is 0 Å². The van der Waals surface area contributed by atoms with E-state index < -0.39 is 0 Å². The minimum Gasteiger partial charge on any atom is -0.493 e. The largest absolute Gasteiger partial charge is 0.493 e. The average Bonchev–Trinajstić information content (AvgIpc) is 2.89. The van der Waals surface area contributed by atoms with Gasteiger partial charge in [0.05, 0.1) is 6.61 Å². The van der Waals surface area contributed by atoms with Crippen LogP contribution >= 0.6 is 39.3 Å². The summed E-state index contributed by atoms with van der Waals surface area (Å²) in [5, 5.41) is 1.49. The highest BCUT2D eigenvalue weighted by atomic mass is 79.9. The third-order valence-corrected chi connectivity index (χ3v) is 5.50. The quantitative estimate of drug-likeness (QED) is 0.658. The van der Waals surface area contributed by atoms with Crippen molar-refractivity contribution in [2.45, 2.75) is 16.1 Å². The second-order valence-electron chi connectivity index (χ2n) is 4.74. The molecule has 3 rings (SSSR count). The van der Waals surface area contributed by atoms with Gasteiger partial charge in [-0.25, -0.2) is 0 Å². The lowest BCUT2D eigenvalue weighted by molar-refractivity contribution is 0.296. The van der Waals surface area contributed by atoms with E-state index >= 15 is 0 Å². The lowest BCUT2D eigenvalue weighted by Crippen LogP contribution is -2.10. The zero-order valence-electron chi connectivity index (χ0n) is 10.8. The molecule has 1 aliphatic heterocycles. The second kappa shape index (κ2) is 6.42. The molecule has 0 spiro atoms. The van der Waals surface area contributed by atoms with E-state index in [0.29, 0.717) is 12.5 Å². The predicted molar refractivity (Wildman–Crippen MR) is 89.5 cm³/mol. The molecule has 0 bridgehead atoms. The monoisotopic (exact) mass is 368 g/mol. The van der Waals surface area contributed by atoms with Gasteiger partial charge < -0.3 is 4.74 Å². The fraction of sp³-hybridized carbons (Fsp3) is 0.250. The molecule has 0 fully saturated rings. The van der Waals surface area contributed by atoms with E-state index in [9.17, 15) is 0 Å². The molecule has 0 aliphatic carbocycles. The van der Waals surface area contributed by atoms with Gasteiger partial charge in [-0.3, -0.25) is 0 Å². The highest BCUT2D eigenvalue weighted by Gasteiger charge is 2.23. The maximum absolute atomic E-state index is 6.02. The molecule has 0 radical (unpaired) electrons. The lowest BCUT2D eigenvalue weighted by atomic mass is 10.0. The molecule has 1 unspecified atom stereocenters. The van der Waals surface area contributed by atoms with E-state index in [1.54, 1.807) is 0 Å². The van der Waals surface area contributed by atoms with Crippen LogP contribution in [0.15, 0.2) is 47.4 Å². The summed E-state index contributed by atoms with van der Waals surface area (Å²) in [5.41, 5.74) is 2.50. The molecule has 2 aromatic rings. The van der Waals surface area contributed by atoms with Crippen molar-refractivity contribution in [3.05, 3.63) is 58.6 Å². The third kappa shape index (κ3) is 3.00. The molecular formula is C16H14BrClOS. The van der Waals surface area contributed by atoms with Crippen molar-refractivity contribution in [1.29, 1.82) is 0 Å². The van der Waals surface area contributed by atoms with E-state index in [-0.39, 0.29) is 0 Å². The van der Waals surface area contributed by atoms with Gasteiger partial charge >= 0.3 is 0 Å². The average molecular weight is 370 g/mol. The van der Waals surface area contributed by atoms with Crippen molar-refractivity contribution in [3.8, 4) is 5.75 Å². The summed E-state index contributed by atoms with van der Waals surface area (Å²) in [6, 6.07) is 14.4. The Kier molecular flexibility index (Phi) is 4.59. The second-order valence-corrected chi connectivity index (χ2v) is 6.80. The maximum Gasteiger partial charge on any atom is 0.123 e. The fourth-order valence-electron chi connectivity index (χ4n) is 2.35. The van der Waals surface area contributed by atoms with Crippen LogP contribution < -0.4 is 4.74 Å². The number of fused-ring (bicyclic) bond motifs is 1. The van der Waals surface area contributed by atoms with Crippen LogP contribution in [0.25, 0.3) is 0 Å². The van der Waals surface area contributed by atoms with Gasteiger partial charge in [0.1, 0.15) is 5.75 Å². The zero-order valence-corrected chi connectivity index (χ0v) is 14.0. The maximum atomic E-state index is 6.02. The molecule has 20 heavy (non-hydrogen) atoms. The first kappa shape index (κ1) is 14.3. The Morgan fingerprint density at radius 1 is 1.25 bits per heavy atom. The number of alkyl halides is 1. The van der Waals surface area contributed by atoms with Gasteiger partial charge in [-0.05, 0) is 29.8 Å². The molecule has 1 aliphatic rings. The van der Waals surface area contributed by atoms with E-state index in [1.165, 1.54) is 10.5 Å². The highest BCUT2D eigenvalue weighted by molar-refractivity contribution is 9.08. The van der Waals surface area contributed by atoms with Crippen molar-refractivity contribution in [3.63, 3.8) is 0 Å². The zero-order chi connectivity index (χ0) is 13.9. The molecule has 4 heteroatoms. The first-order valence-electron chi connectivity index (χ1n) is 6.47. The number of rotatable bonds is 4. The van der Waals surface area contributed by atoms with E-state index in [1.807, 2.05) is 30.0 Å². The number of benzene rings is 2. The molecule has 0 aromatic heterocycles. The fourth-order valence-corrected chi connectivity index (χ4v) is 4.22. The number of ether oxygens (including phenoxy) is 1. The highest BCUT2D eigenvalue weighted by Crippen LogP contribution is 2.39. The molecule has 0 saturated carbocycles.